The van der Waals surface area contributed by atoms with Crippen LogP contribution in [0, 0.1) is 0 Å². The lowest BCUT2D eigenvalue weighted by Crippen LogP contribution is -2.49. The number of hydrogen-bond acceptors (Lipinski definition) is 6. The molecule has 1 N–H and O–H groups in total. The fraction of sp³-hybridized carbons (Fsp3) is 0.474. The summed E-state index contributed by atoms with van der Waals surface area (Å²) in [4.78, 5) is 2.24. The molecule has 1 saturated heterocycles. The SMILES string of the molecule is COc1ccc2oc(CN3CCCC(O)(Cc4nncn4C)C3)cc2c1. The van der Waals surface area contributed by atoms with Crippen molar-refractivity contribution in [3.05, 3.63) is 42.2 Å². The summed E-state index contributed by atoms with van der Waals surface area (Å²) in [6, 6.07) is 7.85. The molecule has 4 rings (SSSR count). The van der Waals surface area contributed by atoms with Crippen LogP contribution >= 0.6 is 0 Å². The quantitative estimate of drug-likeness (QED) is 0.755. The number of ether oxygens (including phenoxy) is 1. The predicted molar refractivity (Wildman–Crippen MR) is 96.9 cm³/mol. The van der Waals surface area contributed by atoms with Gasteiger partial charge in [0.05, 0.1) is 19.3 Å². The number of fused-ring (bicyclic) bond motifs is 1. The van der Waals surface area contributed by atoms with E-state index in [9.17, 15) is 5.11 Å². The highest BCUT2D eigenvalue weighted by atomic mass is 16.5. The number of piperidine rings is 1. The molecule has 1 aliphatic rings. The van der Waals surface area contributed by atoms with Crippen molar-refractivity contribution in [3.8, 4) is 5.75 Å². The Morgan fingerprint density at radius 1 is 1.35 bits per heavy atom. The number of methoxy groups -OCH3 is 1. The predicted octanol–water partition coefficient (Wildman–Crippen LogP) is 2.14. The van der Waals surface area contributed by atoms with Gasteiger partial charge in [-0.1, -0.05) is 0 Å². The van der Waals surface area contributed by atoms with Crippen LogP contribution in [0.25, 0.3) is 11.0 Å². The number of aryl methyl sites for hydroxylation is 1. The third kappa shape index (κ3) is 3.45. The zero-order valence-corrected chi connectivity index (χ0v) is 15.2. The Bertz CT molecular complexity index is 903. The molecule has 2 aromatic heterocycles. The molecule has 3 heterocycles. The average molecular weight is 356 g/mol. The van der Waals surface area contributed by atoms with Crippen LogP contribution < -0.4 is 4.74 Å². The Labute approximate surface area is 152 Å². The Morgan fingerprint density at radius 2 is 2.23 bits per heavy atom. The number of aliphatic hydroxyl groups is 1. The summed E-state index contributed by atoms with van der Waals surface area (Å²) in [5.74, 6) is 2.53. The molecule has 1 fully saturated rings. The molecule has 3 aromatic rings. The second kappa shape index (κ2) is 6.74. The van der Waals surface area contributed by atoms with Crippen LogP contribution in [-0.4, -0.2) is 50.6 Å². The topological polar surface area (TPSA) is 76.6 Å². The summed E-state index contributed by atoms with van der Waals surface area (Å²) in [7, 11) is 3.57. The van der Waals surface area contributed by atoms with Gasteiger partial charge < -0.3 is 18.8 Å². The van der Waals surface area contributed by atoms with Crippen molar-refractivity contribution in [3.63, 3.8) is 0 Å². The van der Waals surface area contributed by atoms with Crippen LogP contribution in [0.3, 0.4) is 0 Å². The van der Waals surface area contributed by atoms with Crippen molar-refractivity contribution in [2.45, 2.75) is 31.4 Å². The highest BCUT2D eigenvalue weighted by molar-refractivity contribution is 5.79. The zero-order chi connectivity index (χ0) is 18.1. The minimum atomic E-state index is -0.783. The Kier molecular flexibility index (Phi) is 4.42. The van der Waals surface area contributed by atoms with Crippen molar-refractivity contribution in [2.24, 2.45) is 7.05 Å². The van der Waals surface area contributed by atoms with Gasteiger partial charge in [-0.15, -0.1) is 10.2 Å². The number of benzene rings is 1. The van der Waals surface area contributed by atoms with E-state index in [1.165, 1.54) is 0 Å². The molecule has 0 amide bonds. The minimum Gasteiger partial charge on any atom is -0.497 e. The number of rotatable bonds is 5. The molecule has 0 radical (unpaired) electrons. The number of nitrogens with zero attached hydrogens (tertiary/aromatic N) is 4. The third-order valence-electron chi connectivity index (χ3n) is 5.08. The fourth-order valence-corrected chi connectivity index (χ4v) is 3.75. The lowest BCUT2D eigenvalue weighted by atomic mass is 9.89. The molecular weight excluding hydrogens is 332 g/mol. The van der Waals surface area contributed by atoms with Crippen molar-refractivity contribution < 1.29 is 14.3 Å². The average Bonchev–Trinajstić information content (AvgIpc) is 3.19. The van der Waals surface area contributed by atoms with Crippen LogP contribution in [-0.2, 0) is 20.0 Å². The van der Waals surface area contributed by atoms with Gasteiger partial charge in [0.15, 0.2) is 0 Å². The number of hydrogen-bond donors (Lipinski definition) is 1. The molecule has 0 aliphatic carbocycles. The summed E-state index contributed by atoms with van der Waals surface area (Å²) in [6.45, 7) is 2.22. The smallest absolute Gasteiger partial charge is 0.135 e. The fourth-order valence-electron chi connectivity index (χ4n) is 3.75. The van der Waals surface area contributed by atoms with Crippen LogP contribution in [0.15, 0.2) is 35.0 Å². The van der Waals surface area contributed by atoms with Gasteiger partial charge in [0.25, 0.3) is 0 Å². The van der Waals surface area contributed by atoms with E-state index < -0.39 is 5.60 Å². The largest absolute Gasteiger partial charge is 0.497 e. The highest BCUT2D eigenvalue weighted by Crippen LogP contribution is 2.28. The van der Waals surface area contributed by atoms with E-state index in [2.05, 4.69) is 15.1 Å². The number of likely N-dealkylation sites (tertiary alicyclic amines) is 1. The molecule has 7 nitrogen and oxygen atoms in total. The number of furan rings is 1. The van der Waals surface area contributed by atoms with Gasteiger partial charge in [-0.25, -0.2) is 0 Å². The maximum absolute atomic E-state index is 11.1. The first-order valence-corrected chi connectivity index (χ1v) is 8.89. The van der Waals surface area contributed by atoms with E-state index in [0.29, 0.717) is 19.5 Å². The summed E-state index contributed by atoms with van der Waals surface area (Å²) in [5.41, 5.74) is 0.0704. The molecule has 1 atom stereocenters. The molecule has 0 spiro atoms. The molecule has 0 bridgehead atoms. The minimum absolute atomic E-state index is 0.511. The Balaban J connectivity index is 1.47. The maximum atomic E-state index is 11.1. The van der Waals surface area contributed by atoms with Gasteiger partial charge in [-0.05, 0) is 43.7 Å². The summed E-state index contributed by atoms with van der Waals surface area (Å²) < 4.78 is 13.1. The molecule has 26 heavy (non-hydrogen) atoms. The molecule has 1 aliphatic heterocycles. The van der Waals surface area contributed by atoms with Gasteiger partial charge in [-0.2, -0.15) is 0 Å². The molecule has 1 aromatic carbocycles. The van der Waals surface area contributed by atoms with Crippen molar-refractivity contribution in [2.75, 3.05) is 20.2 Å². The second-order valence-electron chi connectivity index (χ2n) is 7.19. The molecule has 0 saturated carbocycles. The van der Waals surface area contributed by atoms with E-state index in [1.54, 1.807) is 13.4 Å². The van der Waals surface area contributed by atoms with E-state index in [-0.39, 0.29) is 0 Å². The lowest BCUT2D eigenvalue weighted by Gasteiger charge is -2.38. The number of aromatic nitrogens is 3. The van der Waals surface area contributed by atoms with Gasteiger partial charge in [0.1, 0.15) is 29.2 Å². The first-order chi connectivity index (χ1) is 12.5. The summed E-state index contributed by atoms with van der Waals surface area (Å²) in [6.07, 6.45) is 3.90. The summed E-state index contributed by atoms with van der Waals surface area (Å²) in [5, 5.41) is 20.1. The lowest BCUT2D eigenvalue weighted by molar-refractivity contribution is -0.0358. The first kappa shape index (κ1) is 17.1. The molecule has 7 heteroatoms. The molecular formula is C19H24N4O3. The monoisotopic (exact) mass is 356 g/mol. The van der Waals surface area contributed by atoms with E-state index in [4.69, 9.17) is 9.15 Å². The zero-order valence-electron chi connectivity index (χ0n) is 15.2. The molecule has 138 valence electrons. The van der Waals surface area contributed by atoms with Crippen LogP contribution in [0.1, 0.15) is 24.4 Å². The second-order valence-corrected chi connectivity index (χ2v) is 7.19. The van der Waals surface area contributed by atoms with Gasteiger partial charge >= 0.3 is 0 Å². The van der Waals surface area contributed by atoms with Crippen LogP contribution in [0.4, 0.5) is 0 Å². The van der Waals surface area contributed by atoms with E-state index in [1.807, 2.05) is 35.9 Å². The van der Waals surface area contributed by atoms with Gasteiger partial charge in [0.2, 0.25) is 0 Å². The van der Waals surface area contributed by atoms with Gasteiger partial charge in [-0.3, -0.25) is 4.90 Å². The Hall–Kier alpha value is -2.38. The van der Waals surface area contributed by atoms with Crippen molar-refractivity contribution in [1.29, 1.82) is 0 Å². The van der Waals surface area contributed by atoms with Crippen LogP contribution in [0.2, 0.25) is 0 Å². The van der Waals surface area contributed by atoms with E-state index in [0.717, 1.165) is 47.7 Å². The van der Waals surface area contributed by atoms with Crippen molar-refractivity contribution >= 4 is 11.0 Å². The van der Waals surface area contributed by atoms with Crippen LogP contribution in [0.5, 0.6) is 5.75 Å². The van der Waals surface area contributed by atoms with E-state index >= 15 is 0 Å². The highest BCUT2D eigenvalue weighted by Gasteiger charge is 2.35. The maximum Gasteiger partial charge on any atom is 0.135 e. The summed E-state index contributed by atoms with van der Waals surface area (Å²) >= 11 is 0. The number of β-amino-alcohol motifs (C(OH)–C–C–N with tert-alkyl or cyclic N) is 1. The molecule has 1 unspecified atom stereocenters. The Morgan fingerprint density at radius 3 is 3.00 bits per heavy atom. The third-order valence-corrected chi connectivity index (χ3v) is 5.08. The standard InChI is InChI=1S/C19H24N4O3/c1-22-13-20-21-18(22)10-19(24)6-3-7-23(12-19)11-16-9-14-8-15(25-2)4-5-17(14)26-16/h4-5,8-9,13,24H,3,6-7,10-12H2,1-2H3. The first-order valence-electron chi connectivity index (χ1n) is 8.89. The normalized spacial score (nSPS) is 21.3. The van der Waals surface area contributed by atoms with Crippen molar-refractivity contribution in [1.82, 2.24) is 19.7 Å². The van der Waals surface area contributed by atoms with Gasteiger partial charge in [0, 0.05) is 25.4 Å².